The Hall–Kier alpha value is -0.120. The van der Waals surface area contributed by atoms with Gasteiger partial charge in [-0.1, -0.05) is 6.92 Å². The van der Waals surface area contributed by atoms with Gasteiger partial charge in [-0.25, -0.2) is 0 Å². The minimum absolute atomic E-state index is 0.124. The van der Waals surface area contributed by atoms with E-state index in [1.165, 1.54) is 0 Å². The topological polar surface area (TPSA) is 44.5 Å². The molecule has 0 aliphatic heterocycles. The molecular weight excluding hydrogens is 178 g/mol. The van der Waals surface area contributed by atoms with E-state index < -0.39 is 0 Å². The highest BCUT2D eigenvalue weighted by Crippen LogP contribution is 2.20. The number of rotatable bonds is 7. The van der Waals surface area contributed by atoms with Gasteiger partial charge in [0.25, 0.3) is 0 Å². The molecule has 0 aliphatic rings. The Labute approximate surface area is 88.0 Å². The summed E-state index contributed by atoms with van der Waals surface area (Å²) in [5.74, 6) is 0.476. The summed E-state index contributed by atoms with van der Waals surface area (Å²) in [6, 6.07) is 0.181. The molecule has 0 saturated heterocycles. The Balaban J connectivity index is 3.87. The van der Waals surface area contributed by atoms with Crippen LogP contribution in [0.1, 0.15) is 33.6 Å². The zero-order valence-electron chi connectivity index (χ0n) is 10.2. The zero-order valence-corrected chi connectivity index (χ0v) is 10.2. The first kappa shape index (κ1) is 13.9. The van der Waals surface area contributed by atoms with Crippen molar-refractivity contribution < 1.29 is 9.47 Å². The van der Waals surface area contributed by atoms with Gasteiger partial charge in [0.15, 0.2) is 0 Å². The second-order valence-electron chi connectivity index (χ2n) is 4.59. The molecule has 2 atom stereocenters. The molecule has 0 aromatic heterocycles. The largest absolute Gasteiger partial charge is 0.385 e. The molecule has 86 valence electrons. The maximum absolute atomic E-state index is 6.08. The van der Waals surface area contributed by atoms with Gasteiger partial charge in [0.1, 0.15) is 0 Å². The highest BCUT2D eigenvalue weighted by Gasteiger charge is 2.23. The van der Waals surface area contributed by atoms with E-state index in [1.54, 1.807) is 14.2 Å². The van der Waals surface area contributed by atoms with Gasteiger partial charge < -0.3 is 15.2 Å². The summed E-state index contributed by atoms with van der Waals surface area (Å²) < 4.78 is 10.4. The number of hydrogen-bond acceptors (Lipinski definition) is 3. The fourth-order valence-corrected chi connectivity index (χ4v) is 1.37. The monoisotopic (exact) mass is 203 g/mol. The lowest BCUT2D eigenvalue weighted by Crippen LogP contribution is -2.38. The fraction of sp³-hybridized carbons (Fsp3) is 1.00. The number of ether oxygens (including phenoxy) is 2. The normalized spacial score (nSPS) is 16.7. The predicted molar refractivity (Wildman–Crippen MR) is 59.3 cm³/mol. The second kappa shape index (κ2) is 6.38. The first-order valence-electron chi connectivity index (χ1n) is 5.22. The maximum atomic E-state index is 6.08. The maximum Gasteiger partial charge on any atom is 0.0637 e. The molecule has 0 bridgehead atoms. The van der Waals surface area contributed by atoms with Gasteiger partial charge in [-0.2, -0.15) is 0 Å². The van der Waals surface area contributed by atoms with Crippen LogP contribution in [0.2, 0.25) is 0 Å². The van der Waals surface area contributed by atoms with Gasteiger partial charge in [0.2, 0.25) is 0 Å². The summed E-state index contributed by atoms with van der Waals surface area (Å²) >= 11 is 0. The van der Waals surface area contributed by atoms with Crippen LogP contribution in [0.3, 0.4) is 0 Å². The fourth-order valence-electron chi connectivity index (χ4n) is 1.37. The Kier molecular flexibility index (Phi) is 6.33. The van der Waals surface area contributed by atoms with Crippen LogP contribution in [0.15, 0.2) is 0 Å². The molecule has 14 heavy (non-hydrogen) atoms. The van der Waals surface area contributed by atoms with Crippen molar-refractivity contribution in [3.05, 3.63) is 0 Å². The molecule has 3 heteroatoms. The van der Waals surface area contributed by atoms with E-state index >= 15 is 0 Å². The van der Waals surface area contributed by atoms with Crippen molar-refractivity contribution in [2.45, 2.75) is 45.3 Å². The summed E-state index contributed by atoms with van der Waals surface area (Å²) in [5.41, 5.74) is 5.96. The molecule has 0 heterocycles. The van der Waals surface area contributed by atoms with Crippen molar-refractivity contribution in [3.8, 4) is 0 Å². The molecule has 0 aliphatic carbocycles. The van der Waals surface area contributed by atoms with Crippen LogP contribution in [0, 0.1) is 5.92 Å². The average molecular weight is 203 g/mol. The molecular formula is C11H25NO2. The SMILES string of the molecule is COCCC(C)C(N)CC(C)(C)OC. The molecule has 0 radical (unpaired) electrons. The summed E-state index contributed by atoms with van der Waals surface area (Å²) in [5, 5.41) is 0. The molecule has 0 aromatic carbocycles. The molecule has 3 nitrogen and oxygen atoms in total. The zero-order chi connectivity index (χ0) is 11.2. The Morgan fingerprint density at radius 1 is 1.29 bits per heavy atom. The second-order valence-corrected chi connectivity index (χ2v) is 4.59. The van der Waals surface area contributed by atoms with Crippen molar-refractivity contribution in [2.24, 2.45) is 11.7 Å². The first-order chi connectivity index (χ1) is 6.43. The molecule has 0 aromatic rings. The Bertz CT molecular complexity index is 148. The van der Waals surface area contributed by atoms with E-state index in [0.29, 0.717) is 5.92 Å². The van der Waals surface area contributed by atoms with Gasteiger partial charge in [0, 0.05) is 26.9 Å². The van der Waals surface area contributed by atoms with E-state index in [0.717, 1.165) is 19.4 Å². The lowest BCUT2D eigenvalue weighted by molar-refractivity contribution is 0.00486. The van der Waals surface area contributed by atoms with Crippen molar-refractivity contribution in [1.82, 2.24) is 0 Å². The average Bonchev–Trinajstić information content (AvgIpc) is 2.13. The van der Waals surface area contributed by atoms with Crippen LogP contribution >= 0.6 is 0 Å². The lowest BCUT2D eigenvalue weighted by Gasteiger charge is -2.29. The molecule has 0 fully saturated rings. The van der Waals surface area contributed by atoms with E-state index in [-0.39, 0.29) is 11.6 Å². The summed E-state index contributed by atoms with van der Waals surface area (Å²) in [4.78, 5) is 0. The minimum atomic E-state index is -0.124. The van der Waals surface area contributed by atoms with Gasteiger partial charge >= 0.3 is 0 Å². The minimum Gasteiger partial charge on any atom is -0.385 e. The summed E-state index contributed by atoms with van der Waals surface area (Å²) in [6.45, 7) is 7.07. The van der Waals surface area contributed by atoms with Gasteiger partial charge in [-0.15, -0.1) is 0 Å². The van der Waals surface area contributed by atoms with Crippen LogP contribution in [0.5, 0.6) is 0 Å². The molecule has 0 spiro atoms. The van der Waals surface area contributed by atoms with Gasteiger partial charge in [-0.3, -0.25) is 0 Å². The van der Waals surface area contributed by atoms with Crippen molar-refractivity contribution in [2.75, 3.05) is 20.8 Å². The Morgan fingerprint density at radius 3 is 2.29 bits per heavy atom. The summed E-state index contributed by atoms with van der Waals surface area (Å²) in [7, 11) is 3.45. The van der Waals surface area contributed by atoms with Crippen molar-refractivity contribution in [1.29, 1.82) is 0 Å². The van der Waals surface area contributed by atoms with Gasteiger partial charge in [-0.05, 0) is 32.6 Å². The third-order valence-electron chi connectivity index (χ3n) is 2.79. The lowest BCUT2D eigenvalue weighted by atomic mass is 9.89. The van der Waals surface area contributed by atoms with E-state index in [1.807, 2.05) is 0 Å². The van der Waals surface area contributed by atoms with Crippen LogP contribution < -0.4 is 5.73 Å². The van der Waals surface area contributed by atoms with Crippen LogP contribution in [-0.4, -0.2) is 32.5 Å². The standard InChI is InChI=1S/C11H25NO2/c1-9(6-7-13-4)10(12)8-11(2,3)14-5/h9-10H,6-8,12H2,1-5H3. The number of methoxy groups -OCH3 is 2. The quantitative estimate of drug-likeness (QED) is 0.686. The van der Waals surface area contributed by atoms with Crippen molar-refractivity contribution in [3.63, 3.8) is 0 Å². The number of hydrogen-bond donors (Lipinski definition) is 1. The van der Waals surface area contributed by atoms with Gasteiger partial charge in [0.05, 0.1) is 5.60 Å². The van der Waals surface area contributed by atoms with E-state index in [9.17, 15) is 0 Å². The molecule has 0 saturated carbocycles. The molecule has 0 amide bonds. The predicted octanol–water partition coefficient (Wildman–Crippen LogP) is 1.80. The highest BCUT2D eigenvalue weighted by atomic mass is 16.5. The molecule has 0 rings (SSSR count). The smallest absolute Gasteiger partial charge is 0.0637 e. The van der Waals surface area contributed by atoms with E-state index in [4.69, 9.17) is 15.2 Å². The third kappa shape index (κ3) is 5.58. The first-order valence-corrected chi connectivity index (χ1v) is 5.22. The van der Waals surface area contributed by atoms with Crippen molar-refractivity contribution >= 4 is 0 Å². The molecule has 2 unspecified atom stereocenters. The number of nitrogens with two attached hydrogens (primary N) is 1. The van der Waals surface area contributed by atoms with Crippen LogP contribution in [0.4, 0.5) is 0 Å². The van der Waals surface area contributed by atoms with Crippen LogP contribution in [0.25, 0.3) is 0 Å². The third-order valence-corrected chi connectivity index (χ3v) is 2.79. The summed E-state index contributed by atoms with van der Waals surface area (Å²) in [6.07, 6.45) is 1.89. The van der Waals surface area contributed by atoms with Crippen LogP contribution in [-0.2, 0) is 9.47 Å². The Morgan fingerprint density at radius 2 is 1.86 bits per heavy atom. The highest BCUT2D eigenvalue weighted by molar-refractivity contribution is 4.79. The van der Waals surface area contributed by atoms with E-state index in [2.05, 4.69) is 20.8 Å². The molecule has 2 N–H and O–H groups in total.